The van der Waals surface area contributed by atoms with Crippen molar-refractivity contribution in [2.75, 3.05) is 0 Å². The van der Waals surface area contributed by atoms with Gasteiger partial charge in [-0.1, -0.05) is 18.2 Å². The highest BCUT2D eigenvalue weighted by Gasteiger charge is 2.10. The minimum absolute atomic E-state index is 0.0239. The molecule has 0 aliphatic rings. The topological polar surface area (TPSA) is 77.6 Å². The maximum absolute atomic E-state index is 12.0. The van der Waals surface area contributed by atoms with Crippen molar-refractivity contribution in [2.24, 2.45) is 0 Å². The van der Waals surface area contributed by atoms with Crippen LogP contribution in [0.4, 0.5) is 0 Å². The molecule has 7 nitrogen and oxygen atoms in total. The Morgan fingerprint density at radius 3 is 2.95 bits per heavy atom. The van der Waals surface area contributed by atoms with Crippen molar-refractivity contribution >= 4 is 16.8 Å². The summed E-state index contributed by atoms with van der Waals surface area (Å²) in [5, 5.41) is 12.3. The Balaban J connectivity index is 1.58. The molecule has 2 aromatic heterocycles. The molecular formula is C14H16N6O. The molecule has 0 saturated carbocycles. The SMILES string of the molecule is CC(Cn1cncn1)NC(=O)Cn1cc2ccccc2n1. The van der Waals surface area contributed by atoms with Gasteiger partial charge in [0.2, 0.25) is 5.91 Å². The average Bonchev–Trinajstić information content (AvgIpc) is 3.06. The van der Waals surface area contributed by atoms with E-state index in [2.05, 4.69) is 20.5 Å². The molecule has 0 bridgehead atoms. The Morgan fingerprint density at radius 1 is 1.33 bits per heavy atom. The molecule has 7 heteroatoms. The molecule has 0 saturated heterocycles. The van der Waals surface area contributed by atoms with E-state index < -0.39 is 0 Å². The largest absolute Gasteiger partial charge is 0.350 e. The third-order valence-electron chi connectivity index (χ3n) is 3.10. The molecule has 0 fully saturated rings. The molecule has 108 valence electrons. The standard InChI is InChI=1S/C14H16N6O/c1-11(6-20-10-15-9-16-20)17-14(21)8-19-7-12-4-2-3-5-13(12)18-19/h2-5,7,9-11H,6,8H2,1H3,(H,17,21). The predicted molar refractivity (Wildman–Crippen MR) is 77.4 cm³/mol. The third kappa shape index (κ3) is 3.25. The van der Waals surface area contributed by atoms with E-state index in [0.29, 0.717) is 6.54 Å². The maximum Gasteiger partial charge on any atom is 0.242 e. The van der Waals surface area contributed by atoms with Gasteiger partial charge in [-0.05, 0) is 13.0 Å². The first-order chi connectivity index (χ1) is 10.2. The van der Waals surface area contributed by atoms with E-state index in [1.165, 1.54) is 6.33 Å². The van der Waals surface area contributed by atoms with Gasteiger partial charge in [-0.15, -0.1) is 0 Å². The minimum atomic E-state index is -0.0737. The Hall–Kier alpha value is -2.70. The first-order valence-corrected chi connectivity index (χ1v) is 6.75. The Morgan fingerprint density at radius 2 is 2.19 bits per heavy atom. The van der Waals surface area contributed by atoms with Crippen molar-refractivity contribution < 1.29 is 4.79 Å². The van der Waals surface area contributed by atoms with Crippen molar-refractivity contribution in [3.63, 3.8) is 0 Å². The fourth-order valence-corrected chi connectivity index (χ4v) is 2.22. The molecule has 0 radical (unpaired) electrons. The average molecular weight is 284 g/mol. The molecule has 1 unspecified atom stereocenters. The zero-order chi connectivity index (χ0) is 14.7. The van der Waals surface area contributed by atoms with Crippen LogP contribution in [-0.2, 0) is 17.9 Å². The van der Waals surface area contributed by atoms with Gasteiger partial charge in [0.1, 0.15) is 19.2 Å². The highest BCUT2D eigenvalue weighted by molar-refractivity contribution is 5.79. The molecule has 3 aromatic rings. The molecule has 21 heavy (non-hydrogen) atoms. The van der Waals surface area contributed by atoms with Crippen LogP contribution in [0.2, 0.25) is 0 Å². The second kappa shape index (κ2) is 5.74. The summed E-state index contributed by atoms with van der Waals surface area (Å²) < 4.78 is 3.34. The first kappa shape index (κ1) is 13.3. The number of aromatic nitrogens is 5. The number of carbonyl (C=O) groups excluding carboxylic acids is 1. The summed E-state index contributed by atoms with van der Waals surface area (Å²) in [6.45, 7) is 2.72. The molecule has 1 amide bonds. The molecule has 0 aliphatic carbocycles. The summed E-state index contributed by atoms with van der Waals surface area (Å²) in [5.74, 6) is -0.0737. The van der Waals surface area contributed by atoms with Crippen molar-refractivity contribution in [2.45, 2.75) is 26.1 Å². The molecule has 2 heterocycles. The molecular weight excluding hydrogens is 268 g/mol. The Labute approximate surface area is 121 Å². The fourth-order valence-electron chi connectivity index (χ4n) is 2.22. The van der Waals surface area contributed by atoms with E-state index >= 15 is 0 Å². The number of amides is 1. The number of fused-ring (bicyclic) bond motifs is 1. The van der Waals surface area contributed by atoms with E-state index in [1.54, 1.807) is 15.7 Å². The molecule has 1 aromatic carbocycles. The van der Waals surface area contributed by atoms with Gasteiger partial charge in [0.15, 0.2) is 0 Å². The summed E-state index contributed by atoms with van der Waals surface area (Å²) in [4.78, 5) is 15.9. The lowest BCUT2D eigenvalue weighted by molar-refractivity contribution is -0.122. The Bertz CT molecular complexity index is 700. The predicted octanol–water partition coefficient (Wildman–Crippen LogP) is 0.833. The van der Waals surface area contributed by atoms with Crippen LogP contribution in [-0.4, -0.2) is 36.5 Å². The van der Waals surface area contributed by atoms with Crippen molar-refractivity contribution in [3.05, 3.63) is 43.1 Å². The summed E-state index contributed by atoms with van der Waals surface area (Å²) in [6.07, 6.45) is 4.98. The van der Waals surface area contributed by atoms with Gasteiger partial charge in [-0.2, -0.15) is 10.2 Å². The number of nitrogens with zero attached hydrogens (tertiary/aromatic N) is 5. The lowest BCUT2D eigenvalue weighted by Gasteiger charge is -2.13. The van der Waals surface area contributed by atoms with Gasteiger partial charge in [0, 0.05) is 17.6 Å². The summed E-state index contributed by atoms with van der Waals surface area (Å²) >= 11 is 0. The molecule has 3 rings (SSSR count). The van der Waals surface area contributed by atoms with Crippen molar-refractivity contribution in [1.82, 2.24) is 29.9 Å². The van der Waals surface area contributed by atoms with Gasteiger partial charge < -0.3 is 5.32 Å². The van der Waals surface area contributed by atoms with Crippen LogP contribution in [0.1, 0.15) is 6.92 Å². The van der Waals surface area contributed by atoms with Crippen LogP contribution in [0, 0.1) is 0 Å². The highest BCUT2D eigenvalue weighted by atomic mass is 16.2. The van der Waals surface area contributed by atoms with Crippen LogP contribution >= 0.6 is 0 Å². The number of benzene rings is 1. The van der Waals surface area contributed by atoms with E-state index in [-0.39, 0.29) is 18.5 Å². The van der Waals surface area contributed by atoms with E-state index in [9.17, 15) is 4.79 Å². The van der Waals surface area contributed by atoms with Crippen LogP contribution < -0.4 is 5.32 Å². The lowest BCUT2D eigenvalue weighted by atomic mass is 10.3. The second-order valence-corrected chi connectivity index (χ2v) is 4.97. The fraction of sp³-hybridized carbons (Fsp3) is 0.286. The maximum atomic E-state index is 12.0. The summed E-state index contributed by atoms with van der Waals surface area (Å²) in [6, 6.07) is 7.76. The highest BCUT2D eigenvalue weighted by Crippen LogP contribution is 2.10. The third-order valence-corrected chi connectivity index (χ3v) is 3.10. The quantitative estimate of drug-likeness (QED) is 0.753. The van der Waals surface area contributed by atoms with Crippen LogP contribution in [0.15, 0.2) is 43.1 Å². The Kier molecular flexibility index (Phi) is 3.63. The van der Waals surface area contributed by atoms with E-state index in [4.69, 9.17) is 0 Å². The number of nitrogens with one attached hydrogen (secondary N) is 1. The molecule has 1 atom stereocenters. The van der Waals surface area contributed by atoms with Crippen LogP contribution in [0.25, 0.3) is 10.9 Å². The van der Waals surface area contributed by atoms with Crippen molar-refractivity contribution in [3.8, 4) is 0 Å². The van der Waals surface area contributed by atoms with E-state index in [0.717, 1.165) is 10.9 Å². The van der Waals surface area contributed by atoms with Crippen LogP contribution in [0.5, 0.6) is 0 Å². The van der Waals surface area contributed by atoms with Gasteiger partial charge >= 0.3 is 0 Å². The first-order valence-electron chi connectivity index (χ1n) is 6.75. The lowest BCUT2D eigenvalue weighted by Crippen LogP contribution is -2.37. The molecule has 0 spiro atoms. The number of carbonyl (C=O) groups is 1. The normalized spacial score (nSPS) is 12.4. The monoisotopic (exact) mass is 284 g/mol. The number of hydrogen-bond acceptors (Lipinski definition) is 4. The summed E-state index contributed by atoms with van der Waals surface area (Å²) in [5.41, 5.74) is 0.890. The van der Waals surface area contributed by atoms with Gasteiger partial charge in [0.25, 0.3) is 0 Å². The summed E-state index contributed by atoms with van der Waals surface area (Å²) in [7, 11) is 0. The molecule has 1 N–H and O–H groups in total. The molecule has 0 aliphatic heterocycles. The smallest absolute Gasteiger partial charge is 0.242 e. The number of rotatable bonds is 5. The second-order valence-electron chi connectivity index (χ2n) is 4.97. The van der Waals surface area contributed by atoms with E-state index in [1.807, 2.05) is 37.4 Å². The van der Waals surface area contributed by atoms with Gasteiger partial charge in [0.05, 0.1) is 12.1 Å². The van der Waals surface area contributed by atoms with Gasteiger partial charge in [-0.3, -0.25) is 14.2 Å². The minimum Gasteiger partial charge on any atom is -0.350 e. The van der Waals surface area contributed by atoms with Gasteiger partial charge in [-0.25, -0.2) is 4.98 Å². The van der Waals surface area contributed by atoms with Crippen LogP contribution in [0.3, 0.4) is 0 Å². The zero-order valence-electron chi connectivity index (χ0n) is 11.7. The number of hydrogen-bond donors (Lipinski definition) is 1. The van der Waals surface area contributed by atoms with Crippen molar-refractivity contribution in [1.29, 1.82) is 0 Å². The zero-order valence-corrected chi connectivity index (χ0v) is 11.7.